The third-order valence-electron chi connectivity index (χ3n) is 3.60. The summed E-state index contributed by atoms with van der Waals surface area (Å²) in [6.07, 6.45) is -1.43. The molecule has 0 saturated carbocycles. The van der Waals surface area contributed by atoms with Crippen molar-refractivity contribution in [1.82, 2.24) is 9.78 Å². The van der Waals surface area contributed by atoms with E-state index >= 15 is 0 Å². The van der Waals surface area contributed by atoms with Crippen LogP contribution in [-0.4, -0.2) is 15.7 Å². The number of alkyl halides is 3. The van der Waals surface area contributed by atoms with E-state index in [0.29, 0.717) is 12.2 Å². The minimum absolute atomic E-state index is 0.0690. The van der Waals surface area contributed by atoms with Crippen molar-refractivity contribution in [3.63, 3.8) is 0 Å². The smallest absolute Gasteiger partial charge is 0.319 e. The van der Waals surface area contributed by atoms with Gasteiger partial charge in [0.25, 0.3) is 5.91 Å². The van der Waals surface area contributed by atoms with Crippen LogP contribution < -0.4 is 5.32 Å². The van der Waals surface area contributed by atoms with Crippen molar-refractivity contribution in [3.05, 3.63) is 82.1 Å². The van der Waals surface area contributed by atoms with E-state index < -0.39 is 17.6 Å². The molecule has 1 heterocycles. The molecule has 0 aliphatic carbocycles. The maximum Gasteiger partial charge on any atom is 0.416 e. The average molecular weight is 424 g/mol. The van der Waals surface area contributed by atoms with Gasteiger partial charge in [0.2, 0.25) is 0 Å². The fourth-order valence-electron chi connectivity index (χ4n) is 2.33. The Morgan fingerprint density at radius 3 is 2.58 bits per heavy atom. The van der Waals surface area contributed by atoms with Crippen molar-refractivity contribution in [2.24, 2.45) is 0 Å². The second-order valence-electron chi connectivity index (χ2n) is 5.59. The molecule has 134 valence electrons. The van der Waals surface area contributed by atoms with Crippen LogP contribution in [0.4, 0.5) is 18.9 Å². The fourth-order valence-corrected chi connectivity index (χ4v) is 2.60. The maximum absolute atomic E-state index is 12.7. The Bertz CT molecular complexity index is 920. The van der Waals surface area contributed by atoms with Crippen molar-refractivity contribution in [1.29, 1.82) is 0 Å². The van der Waals surface area contributed by atoms with Gasteiger partial charge < -0.3 is 5.32 Å². The van der Waals surface area contributed by atoms with Gasteiger partial charge in [0.15, 0.2) is 0 Å². The van der Waals surface area contributed by atoms with Gasteiger partial charge in [-0.1, -0.05) is 34.1 Å². The van der Waals surface area contributed by atoms with Gasteiger partial charge in [-0.05, 0) is 35.9 Å². The average Bonchev–Trinajstić information content (AvgIpc) is 3.03. The summed E-state index contributed by atoms with van der Waals surface area (Å²) in [5.74, 6) is -0.626. The number of anilines is 1. The quantitative estimate of drug-likeness (QED) is 0.644. The number of aromatic nitrogens is 2. The number of nitrogens with zero attached hydrogens (tertiary/aromatic N) is 2. The SMILES string of the molecule is O=C(Nc1cnn(Cc2ccc(Br)cc2)c1)c1cccc(C(F)(F)F)c1. The van der Waals surface area contributed by atoms with E-state index in [2.05, 4.69) is 26.3 Å². The molecule has 0 unspecified atom stereocenters. The summed E-state index contributed by atoms with van der Waals surface area (Å²) < 4.78 is 40.8. The largest absolute Gasteiger partial charge is 0.416 e. The number of halogens is 4. The van der Waals surface area contributed by atoms with Crippen molar-refractivity contribution < 1.29 is 18.0 Å². The van der Waals surface area contributed by atoms with Gasteiger partial charge in [0, 0.05) is 16.2 Å². The van der Waals surface area contributed by atoms with Gasteiger partial charge in [-0.25, -0.2) is 0 Å². The number of hydrogen-bond donors (Lipinski definition) is 1. The molecular formula is C18H13BrF3N3O. The third kappa shape index (κ3) is 4.51. The first-order chi connectivity index (χ1) is 12.3. The first kappa shape index (κ1) is 18.2. The molecular weight excluding hydrogens is 411 g/mol. The zero-order chi connectivity index (χ0) is 18.7. The summed E-state index contributed by atoms with van der Waals surface area (Å²) in [5.41, 5.74) is 0.494. The zero-order valence-electron chi connectivity index (χ0n) is 13.3. The lowest BCUT2D eigenvalue weighted by Crippen LogP contribution is -2.13. The minimum Gasteiger partial charge on any atom is -0.319 e. The van der Waals surface area contributed by atoms with Crippen LogP contribution in [0, 0.1) is 0 Å². The first-order valence-corrected chi connectivity index (χ1v) is 8.36. The summed E-state index contributed by atoms with van der Waals surface area (Å²) >= 11 is 3.36. The van der Waals surface area contributed by atoms with Crippen molar-refractivity contribution in [3.8, 4) is 0 Å². The molecule has 1 aromatic heterocycles. The van der Waals surface area contributed by atoms with Gasteiger partial charge in [-0.15, -0.1) is 0 Å². The first-order valence-electron chi connectivity index (χ1n) is 7.57. The van der Waals surface area contributed by atoms with Crippen LogP contribution in [0.3, 0.4) is 0 Å². The molecule has 0 spiro atoms. The Kier molecular flexibility index (Phi) is 5.13. The predicted molar refractivity (Wildman–Crippen MR) is 94.9 cm³/mol. The minimum atomic E-state index is -4.49. The van der Waals surface area contributed by atoms with Crippen LogP contribution >= 0.6 is 15.9 Å². The number of rotatable bonds is 4. The summed E-state index contributed by atoms with van der Waals surface area (Å²) in [7, 11) is 0. The van der Waals surface area contributed by atoms with Gasteiger partial charge in [0.05, 0.1) is 24.0 Å². The van der Waals surface area contributed by atoms with E-state index in [4.69, 9.17) is 0 Å². The molecule has 1 N–H and O–H groups in total. The summed E-state index contributed by atoms with van der Waals surface area (Å²) in [6, 6.07) is 12.0. The molecule has 0 aliphatic rings. The van der Waals surface area contributed by atoms with Crippen molar-refractivity contribution in [2.75, 3.05) is 5.32 Å². The Labute approximate surface area is 155 Å². The molecule has 4 nitrogen and oxygen atoms in total. The topological polar surface area (TPSA) is 46.9 Å². The highest BCUT2D eigenvalue weighted by Gasteiger charge is 2.30. The third-order valence-corrected chi connectivity index (χ3v) is 4.13. The van der Waals surface area contributed by atoms with E-state index in [1.165, 1.54) is 18.3 Å². The van der Waals surface area contributed by atoms with E-state index in [0.717, 1.165) is 22.2 Å². The Morgan fingerprint density at radius 1 is 1.15 bits per heavy atom. The summed E-state index contributed by atoms with van der Waals surface area (Å²) in [5, 5.41) is 6.70. The summed E-state index contributed by atoms with van der Waals surface area (Å²) in [4.78, 5) is 12.2. The Hall–Kier alpha value is -2.61. The molecule has 1 amide bonds. The standard InChI is InChI=1S/C18H13BrF3N3O/c19-15-6-4-12(5-7-15)10-25-11-16(9-23-25)24-17(26)13-2-1-3-14(8-13)18(20,21)22/h1-9,11H,10H2,(H,24,26). The van der Waals surface area contributed by atoms with Gasteiger partial charge >= 0.3 is 6.18 Å². The highest BCUT2D eigenvalue weighted by molar-refractivity contribution is 9.10. The zero-order valence-corrected chi connectivity index (χ0v) is 14.9. The normalized spacial score (nSPS) is 11.4. The van der Waals surface area contributed by atoms with Gasteiger partial charge in [-0.3, -0.25) is 9.48 Å². The molecule has 2 aromatic carbocycles. The van der Waals surface area contributed by atoms with Crippen molar-refractivity contribution >= 4 is 27.5 Å². The number of hydrogen-bond acceptors (Lipinski definition) is 2. The summed E-state index contributed by atoms with van der Waals surface area (Å²) in [6.45, 7) is 0.507. The maximum atomic E-state index is 12.7. The lowest BCUT2D eigenvalue weighted by molar-refractivity contribution is -0.137. The van der Waals surface area contributed by atoms with E-state index in [1.807, 2.05) is 24.3 Å². The monoisotopic (exact) mass is 423 g/mol. The molecule has 0 radical (unpaired) electrons. The Balaban J connectivity index is 1.69. The molecule has 0 bridgehead atoms. The molecule has 8 heteroatoms. The Morgan fingerprint density at radius 2 is 1.88 bits per heavy atom. The number of benzene rings is 2. The van der Waals surface area contributed by atoms with Crippen LogP contribution in [0.15, 0.2) is 65.4 Å². The molecule has 3 aromatic rings. The lowest BCUT2D eigenvalue weighted by atomic mass is 10.1. The molecule has 3 rings (SSSR count). The molecule has 26 heavy (non-hydrogen) atoms. The van der Waals surface area contributed by atoms with Crippen LogP contribution in [0.5, 0.6) is 0 Å². The molecule has 0 aliphatic heterocycles. The highest BCUT2D eigenvalue weighted by atomic mass is 79.9. The van der Waals surface area contributed by atoms with Crippen LogP contribution in [0.2, 0.25) is 0 Å². The fraction of sp³-hybridized carbons (Fsp3) is 0.111. The van der Waals surface area contributed by atoms with Gasteiger partial charge in [0.1, 0.15) is 0 Å². The van der Waals surface area contributed by atoms with Crippen LogP contribution in [0.1, 0.15) is 21.5 Å². The van der Waals surface area contributed by atoms with Crippen LogP contribution in [-0.2, 0) is 12.7 Å². The molecule has 0 saturated heterocycles. The van der Waals surface area contributed by atoms with Gasteiger partial charge in [-0.2, -0.15) is 18.3 Å². The number of amides is 1. The molecule has 0 fully saturated rings. The lowest BCUT2D eigenvalue weighted by Gasteiger charge is -2.08. The van der Waals surface area contributed by atoms with E-state index in [1.54, 1.807) is 10.9 Å². The van der Waals surface area contributed by atoms with E-state index in [-0.39, 0.29) is 5.56 Å². The number of nitrogens with one attached hydrogen (secondary N) is 1. The second-order valence-corrected chi connectivity index (χ2v) is 6.50. The van der Waals surface area contributed by atoms with Crippen LogP contribution in [0.25, 0.3) is 0 Å². The second kappa shape index (κ2) is 7.33. The molecule has 0 atom stereocenters. The predicted octanol–water partition coefficient (Wildman–Crippen LogP) is 4.97. The highest BCUT2D eigenvalue weighted by Crippen LogP contribution is 2.29. The van der Waals surface area contributed by atoms with Crippen molar-refractivity contribution in [2.45, 2.75) is 12.7 Å². The number of carbonyl (C=O) groups is 1. The van der Waals surface area contributed by atoms with E-state index in [9.17, 15) is 18.0 Å². The number of carbonyl (C=O) groups excluding carboxylic acids is 1.